The fraction of sp³-hybridized carbons (Fsp3) is 0.500. The lowest BCUT2D eigenvalue weighted by Crippen LogP contribution is -2.45. The van der Waals surface area contributed by atoms with Crippen molar-refractivity contribution in [1.82, 2.24) is 4.90 Å². The number of carbonyl (C=O) groups excluding carboxylic acids is 2. The summed E-state index contributed by atoms with van der Waals surface area (Å²) in [5.74, 6) is -2.69. The number of aliphatic carboxylic acids is 1. The number of carbonyl (C=O) groups is 3. The molecule has 1 fully saturated rings. The Hall–Kier alpha value is -2.37. The van der Waals surface area contributed by atoms with Crippen molar-refractivity contribution in [2.75, 3.05) is 12.4 Å². The molecule has 0 spiro atoms. The number of hydrogen-bond donors (Lipinski definition) is 2. The van der Waals surface area contributed by atoms with E-state index in [2.05, 4.69) is 5.32 Å². The maximum absolute atomic E-state index is 12.7. The topological polar surface area (TPSA) is 86.7 Å². The van der Waals surface area contributed by atoms with Crippen LogP contribution in [0.4, 0.5) is 5.69 Å². The summed E-state index contributed by atoms with van der Waals surface area (Å²) >= 11 is 0. The second kappa shape index (κ2) is 5.61. The van der Waals surface area contributed by atoms with Crippen LogP contribution in [-0.2, 0) is 20.8 Å². The standard InChI is InChI=1S/C18H22N2O4/c1-18(2)13(14(18)17(23)24)16(22)20(3)12-9-8-10-6-4-5-7-11(10)19-15(12)21/h4-7,12-14H,8-9H2,1-3H3,(H,19,21)(H,23,24)/t12-,13+,14-/m1/s1. The van der Waals surface area contributed by atoms with E-state index in [9.17, 15) is 19.5 Å². The normalized spacial score (nSPS) is 27.5. The third kappa shape index (κ3) is 2.56. The van der Waals surface area contributed by atoms with E-state index in [4.69, 9.17) is 0 Å². The van der Waals surface area contributed by atoms with Crippen molar-refractivity contribution in [3.63, 3.8) is 0 Å². The molecule has 0 bridgehead atoms. The summed E-state index contributed by atoms with van der Waals surface area (Å²) in [5.41, 5.74) is 1.26. The van der Waals surface area contributed by atoms with E-state index in [0.29, 0.717) is 12.8 Å². The first-order valence-corrected chi connectivity index (χ1v) is 8.13. The van der Waals surface area contributed by atoms with Crippen molar-refractivity contribution in [3.05, 3.63) is 29.8 Å². The van der Waals surface area contributed by atoms with Gasteiger partial charge in [-0.15, -0.1) is 0 Å². The molecule has 6 heteroatoms. The maximum Gasteiger partial charge on any atom is 0.307 e. The van der Waals surface area contributed by atoms with E-state index in [-0.39, 0.29) is 11.8 Å². The van der Waals surface area contributed by atoms with Crippen molar-refractivity contribution in [2.45, 2.75) is 32.7 Å². The van der Waals surface area contributed by atoms with Crippen LogP contribution in [0.5, 0.6) is 0 Å². The third-order valence-corrected chi connectivity index (χ3v) is 5.44. The van der Waals surface area contributed by atoms with Crippen LogP contribution in [-0.4, -0.2) is 40.9 Å². The van der Waals surface area contributed by atoms with Gasteiger partial charge in [0.15, 0.2) is 0 Å². The molecular formula is C18H22N2O4. The Bertz CT molecular complexity index is 713. The quantitative estimate of drug-likeness (QED) is 0.884. The highest BCUT2D eigenvalue weighted by Gasteiger charge is 2.66. The molecule has 2 N–H and O–H groups in total. The summed E-state index contributed by atoms with van der Waals surface area (Å²) in [7, 11) is 1.59. The van der Waals surface area contributed by atoms with Crippen molar-refractivity contribution in [3.8, 4) is 0 Å². The number of para-hydroxylation sites is 1. The van der Waals surface area contributed by atoms with Crippen molar-refractivity contribution < 1.29 is 19.5 Å². The number of rotatable bonds is 3. The molecule has 1 aromatic rings. The van der Waals surface area contributed by atoms with Crippen molar-refractivity contribution in [1.29, 1.82) is 0 Å². The van der Waals surface area contributed by atoms with Crippen LogP contribution in [0.1, 0.15) is 25.8 Å². The lowest BCUT2D eigenvalue weighted by atomic mass is 10.0. The van der Waals surface area contributed by atoms with Gasteiger partial charge in [-0.1, -0.05) is 32.0 Å². The summed E-state index contributed by atoms with van der Waals surface area (Å²) in [4.78, 5) is 38.0. The molecule has 128 valence electrons. The Labute approximate surface area is 140 Å². The highest BCUT2D eigenvalue weighted by molar-refractivity contribution is 6.00. The zero-order valence-corrected chi connectivity index (χ0v) is 14.1. The van der Waals surface area contributed by atoms with Crippen molar-refractivity contribution in [2.24, 2.45) is 17.3 Å². The number of fused-ring (bicyclic) bond motifs is 1. The number of amides is 2. The van der Waals surface area contributed by atoms with Gasteiger partial charge in [0.2, 0.25) is 11.8 Å². The second-order valence-electron chi connectivity index (χ2n) is 7.26. The average Bonchev–Trinajstić information content (AvgIpc) is 3.14. The summed E-state index contributed by atoms with van der Waals surface area (Å²) in [6.45, 7) is 3.57. The number of carboxylic acid groups (broad SMARTS) is 1. The fourth-order valence-electron chi connectivity index (χ4n) is 3.80. The van der Waals surface area contributed by atoms with E-state index < -0.39 is 29.3 Å². The largest absolute Gasteiger partial charge is 0.481 e. The molecule has 6 nitrogen and oxygen atoms in total. The van der Waals surface area contributed by atoms with E-state index in [1.165, 1.54) is 4.90 Å². The Morgan fingerprint density at radius 3 is 2.54 bits per heavy atom. The number of hydrogen-bond acceptors (Lipinski definition) is 3. The van der Waals surface area contributed by atoms with E-state index in [1.807, 2.05) is 24.3 Å². The van der Waals surface area contributed by atoms with Crippen LogP contribution >= 0.6 is 0 Å². The molecule has 3 atom stereocenters. The van der Waals surface area contributed by atoms with Gasteiger partial charge in [-0.2, -0.15) is 0 Å². The zero-order valence-electron chi connectivity index (χ0n) is 14.1. The lowest BCUT2D eigenvalue weighted by Gasteiger charge is -2.26. The molecular weight excluding hydrogens is 308 g/mol. The molecule has 0 unspecified atom stereocenters. The number of likely N-dealkylation sites (N-methyl/N-ethyl adjacent to an activating group) is 1. The minimum atomic E-state index is -0.954. The monoisotopic (exact) mass is 330 g/mol. The first-order chi connectivity index (χ1) is 11.2. The molecule has 1 heterocycles. The zero-order chi connectivity index (χ0) is 17.6. The molecule has 3 rings (SSSR count). The molecule has 0 saturated heterocycles. The molecule has 1 aliphatic heterocycles. The first kappa shape index (κ1) is 16.5. The smallest absolute Gasteiger partial charge is 0.307 e. The van der Waals surface area contributed by atoms with Gasteiger partial charge in [-0.3, -0.25) is 14.4 Å². The van der Waals surface area contributed by atoms with Crippen molar-refractivity contribution >= 4 is 23.5 Å². The number of aryl methyl sites for hydroxylation is 1. The number of anilines is 1. The Balaban J connectivity index is 1.76. The van der Waals surface area contributed by atoms with Crippen LogP contribution in [0.2, 0.25) is 0 Å². The van der Waals surface area contributed by atoms with Gasteiger partial charge in [0.1, 0.15) is 6.04 Å². The number of nitrogens with one attached hydrogen (secondary N) is 1. The van der Waals surface area contributed by atoms with E-state index in [1.54, 1.807) is 20.9 Å². The SMILES string of the molecule is CN(C(=O)[C@@H]1[C@H](C(=O)O)C1(C)C)[C@@H]1CCc2ccccc2NC1=O. The van der Waals surface area contributed by atoms with E-state index in [0.717, 1.165) is 11.3 Å². The minimum Gasteiger partial charge on any atom is -0.481 e. The Morgan fingerprint density at radius 2 is 1.92 bits per heavy atom. The molecule has 2 amide bonds. The van der Waals surface area contributed by atoms with Gasteiger partial charge < -0.3 is 15.3 Å². The Kier molecular flexibility index (Phi) is 3.86. The number of benzene rings is 1. The van der Waals surface area contributed by atoms with Crippen LogP contribution in [0.15, 0.2) is 24.3 Å². The maximum atomic E-state index is 12.7. The Morgan fingerprint density at radius 1 is 1.25 bits per heavy atom. The molecule has 0 aromatic heterocycles. The summed E-state index contributed by atoms with van der Waals surface area (Å²) < 4.78 is 0. The van der Waals surface area contributed by atoms with E-state index >= 15 is 0 Å². The summed E-state index contributed by atoms with van der Waals surface area (Å²) in [5, 5.41) is 12.1. The third-order valence-electron chi connectivity index (χ3n) is 5.44. The fourth-order valence-corrected chi connectivity index (χ4v) is 3.80. The highest BCUT2D eigenvalue weighted by atomic mass is 16.4. The first-order valence-electron chi connectivity index (χ1n) is 8.13. The predicted octanol–water partition coefficient (Wildman–Crippen LogP) is 1.76. The summed E-state index contributed by atoms with van der Waals surface area (Å²) in [6, 6.07) is 7.00. The molecule has 2 aliphatic rings. The molecule has 1 aromatic carbocycles. The van der Waals surface area contributed by atoms with Gasteiger partial charge in [0.05, 0.1) is 11.8 Å². The minimum absolute atomic E-state index is 0.221. The van der Waals surface area contributed by atoms with Crippen LogP contribution in [0.3, 0.4) is 0 Å². The van der Waals surface area contributed by atoms with Crippen LogP contribution < -0.4 is 5.32 Å². The second-order valence-corrected chi connectivity index (χ2v) is 7.26. The summed E-state index contributed by atoms with van der Waals surface area (Å²) in [6.07, 6.45) is 1.21. The van der Waals surface area contributed by atoms with Crippen LogP contribution in [0.25, 0.3) is 0 Å². The average molecular weight is 330 g/mol. The molecule has 1 aliphatic carbocycles. The van der Waals surface area contributed by atoms with Gasteiger partial charge >= 0.3 is 5.97 Å². The van der Waals surface area contributed by atoms with Gasteiger partial charge in [0.25, 0.3) is 0 Å². The number of nitrogens with zero attached hydrogens (tertiary/aromatic N) is 1. The van der Waals surface area contributed by atoms with Gasteiger partial charge in [-0.05, 0) is 29.9 Å². The molecule has 1 saturated carbocycles. The molecule has 24 heavy (non-hydrogen) atoms. The van der Waals surface area contributed by atoms with Gasteiger partial charge in [0, 0.05) is 12.7 Å². The highest BCUT2D eigenvalue weighted by Crippen LogP contribution is 2.59. The number of carboxylic acids is 1. The predicted molar refractivity (Wildman–Crippen MR) is 88.3 cm³/mol. The molecule has 0 radical (unpaired) electrons. The lowest BCUT2D eigenvalue weighted by molar-refractivity contribution is -0.143. The van der Waals surface area contributed by atoms with Gasteiger partial charge in [-0.25, -0.2) is 0 Å². The van der Waals surface area contributed by atoms with Crippen LogP contribution in [0, 0.1) is 17.3 Å².